The Labute approximate surface area is 172 Å². The van der Waals surface area contributed by atoms with Crippen molar-refractivity contribution in [2.24, 2.45) is 11.8 Å². The predicted octanol–water partition coefficient (Wildman–Crippen LogP) is 5.06. The summed E-state index contributed by atoms with van der Waals surface area (Å²) in [4.78, 5) is 29.0. The van der Waals surface area contributed by atoms with Gasteiger partial charge in [0.2, 0.25) is 11.8 Å². The maximum absolute atomic E-state index is 13.7. The van der Waals surface area contributed by atoms with E-state index in [4.69, 9.17) is 0 Å². The number of nitrogens with zero attached hydrogens (tertiary/aromatic N) is 1. The third-order valence-corrected chi connectivity index (χ3v) is 7.04. The summed E-state index contributed by atoms with van der Waals surface area (Å²) in [5.74, 6) is -0.585. The highest BCUT2D eigenvalue weighted by atomic mass is 16.2. The van der Waals surface area contributed by atoms with Gasteiger partial charge in [0.25, 0.3) is 0 Å². The lowest BCUT2D eigenvalue weighted by molar-refractivity contribution is -0.143. The van der Waals surface area contributed by atoms with Crippen LogP contribution in [0.4, 0.5) is 0 Å². The van der Waals surface area contributed by atoms with Crippen LogP contribution in [-0.2, 0) is 9.59 Å². The van der Waals surface area contributed by atoms with Crippen LogP contribution in [0, 0.1) is 11.8 Å². The van der Waals surface area contributed by atoms with E-state index in [9.17, 15) is 9.59 Å². The molecule has 2 aliphatic carbocycles. The molecular formula is C26H27NO2. The number of benzene rings is 2. The Bertz CT molecular complexity index is 847. The molecule has 3 heteroatoms. The van der Waals surface area contributed by atoms with Crippen LogP contribution in [0.5, 0.6) is 0 Å². The second kappa shape index (κ2) is 7.62. The summed E-state index contributed by atoms with van der Waals surface area (Å²) in [5.41, 5.74) is 2.24. The first-order valence-electron chi connectivity index (χ1n) is 10.9. The van der Waals surface area contributed by atoms with Crippen molar-refractivity contribution in [3.05, 3.63) is 83.9 Å². The molecule has 3 aliphatic rings. The summed E-state index contributed by atoms with van der Waals surface area (Å²) >= 11 is 0. The molecule has 2 amide bonds. The fourth-order valence-corrected chi connectivity index (χ4v) is 5.66. The zero-order valence-electron chi connectivity index (χ0n) is 16.6. The first kappa shape index (κ1) is 18.4. The number of amides is 2. The van der Waals surface area contributed by atoms with Crippen molar-refractivity contribution in [1.29, 1.82) is 0 Å². The van der Waals surface area contributed by atoms with Gasteiger partial charge in [-0.2, -0.15) is 0 Å². The number of fused-ring (bicyclic) bond motifs is 1. The number of hydrogen-bond donors (Lipinski definition) is 0. The molecule has 0 N–H and O–H groups in total. The summed E-state index contributed by atoms with van der Waals surface area (Å²) in [6.07, 6.45) is 9.68. The zero-order valence-corrected chi connectivity index (χ0v) is 16.6. The van der Waals surface area contributed by atoms with Gasteiger partial charge in [0.05, 0.1) is 11.8 Å². The molecule has 2 fully saturated rings. The van der Waals surface area contributed by atoms with E-state index in [0.29, 0.717) is 0 Å². The van der Waals surface area contributed by atoms with Crippen molar-refractivity contribution < 1.29 is 9.59 Å². The summed E-state index contributed by atoms with van der Waals surface area (Å²) in [6.45, 7) is 0. The second-order valence-electron chi connectivity index (χ2n) is 8.65. The number of rotatable bonds is 3. The van der Waals surface area contributed by atoms with Crippen molar-refractivity contribution in [3.8, 4) is 0 Å². The average Bonchev–Trinajstić information content (AvgIpc) is 3.06. The molecule has 1 saturated heterocycles. The van der Waals surface area contributed by atoms with Gasteiger partial charge in [-0.15, -0.1) is 0 Å². The van der Waals surface area contributed by atoms with Gasteiger partial charge in [-0.3, -0.25) is 14.5 Å². The Hall–Kier alpha value is -2.68. The van der Waals surface area contributed by atoms with Crippen LogP contribution >= 0.6 is 0 Å². The molecule has 1 heterocycles. The molecule has 1 saturated carbocycles. The van der Waals surface area contributed by atoms with Gasteiger partial charge in [-0.1, -0.05) is 92.1 Å². The highest BCUT2D eigenvalue weighted by Crippen LogP contribution is 2.50. The summed E-state index contributed by atoms with van der Waals surface area (Å²) in [6, 6.07) is 20.5. The standard InChI is InChI=1S/C26H27NO2/c28-25-23-21(18-10-4-1-5-11-18)16-17-22(19-12-6-2-7-13-19)24(23)26(29)27(25)20-14-8-3-9-15-20/h1-2,4-7,10-13,16-17,20-24H,3,8-9,14-15H2/t21-,22-,23-,24+/m1/s1. The quantitative estimate of drug-likeness (QED) is 0.547. The fraction of sp³-hybridized carbons (Fsp3) is 0.385. The number of likely N-dealkylation sites (tertiary alicyclic amines) is 1. The first-order valence-corrected chi connectivity index (χ1v) is 10.9. The van der Waals surface area contributed by atoms with Gasteiger partial charge in [-0.25, -0.2) is 0 Å². The number of allylic oxidation sites excluding steroid dienone is 2. The lowest BCUT2D eigenvalue weighted by Crippen LogP contribution is -2.42. The minimum atomic E-state index is -0.304. The lowest BCUT2D eigenvalue weighted by Gasteiger charge is -2.32. The molecule has 2 aromatic rings. The summed E-state index contributed by atoms with van der Waals surface area (Å²) in [5, 5.41) is 0. The number of carbonyl (C=O) groups is 2. The minimum absolute atomic E-state index is 0.0359. The molecule has 4 atom stereocenters. The first-order chi connectivity index (χ1) is 14.3. The van der Waals surface area contributed by atoms with Crippen LogP contribution in [0.2, 0.25) is 0 Å². The van der Waals surface area contributed by atoms with Crippen LogP contribution in [0.15, 0.2) is 72.8 Å². The lowest BCUT2D eigenvalue weighted by atomic mass is 9.68. The Morgan fingerprint density at radius 3 is 1.52 bits per heavy atom. The molecular weight excluding hydrogens is 358 g/mol. The topological polar surface area (TPSA) is 37.4 Å². The van der Waals surface area contributed by atoms with Gasteiger partial charge in [-0.05, 0) is 24.0 Å². The third kappa shape index (κ3) is 3.13. The fourth-order valence-electron chi connectivity index (χ4n) is 5.66. The van der Waals surface area contributed by atoms with Crippen LogP contribution in [0.3, 0.4) is 0 Å². The maximum atomic E-state index is 13.7. The smallest absolute Gasteiger partial charge is 0.234 e. The largest absolute Gasteiger partial charge is 0.279 e. The molecule has 0 aromatic heterocycles. The minimum Gasteiger partial charge on any atom is -0.279 e. The van der Waals surface area contributed by atoms with Crippen LogP contribution in [0.1, 0.15) is 55.1 Å². The highest BCUT2D eigenvalue weighted by Gasteiger charge is 2.56. The average molecular weight is 386 g/mol. The van der Waals surface area contributed by atoms with Gasteiger partial charge < -0.3 is 0 Å². The SMILES string of the molecule is O=C1[C@@H]2[C@H](C(=O)N1C1CCCCC1)[C@@H](c1ccccc1)C=C[C@@H]2c1ccccc1. The predicted molar refractivity (Wildman–Crippen MR) is 113 cm³/mol. The van der Waals surface area contributed by atoms with E-state index in [1.165, 1.54) is 6.42 Å². The zero-order chi connectivity index (χ0) is 19.8. The highest BCUT2D eigenvalue weighted by molar-refractivity contribution is 6.07. The van der Waals surface area contributed by atoms with E-state index in [1.807, 2.05) is 36.4 Å². The van der Waals surface area contributed by atoms with Gasteiger partial charge >= 0.3 is 0 Å². The number of hydrogen-bond acceptors (Lipinski definition) is 2. The number of imide groups is 1. The molecule has 148 valence electrons. The summed E-state index contributed by atoms with van der Waals surface area (Å²) in [7, 11) is 0. The monoisotopic (exact) mass is 385 g/mol. The molecule has 3 nitrogen and oxygen atoms in total. The van der Waals surface area contributed by atoms with Gasteiger partial charge in [0.15, 0.2) is 0 Å². The third-order valence-electron chi connectivity index (χ3n) is 7.04. The van der Waals surface area contributed by atoms with E-state index in [1.54, 1.807) is 4.90 Å². The summed E-state index contributed by atoms with van der Waals surface area (Å²) < 4.78 is 0. The Morgan fingerprint density at radius 2 is 1.07 bits per heavy atom. The van der Waals surface area contributed by atoms with Crippen LogP contribution < -0.4 is 0 Å². The van der Waals surface area contributed by atoms with E-state index in [2.05, 4.69) is 36.4 Å². The molecule has 0 spiro atoms. The molecule has 1 aliphatic heterocycles. The number of carbonyl (C=O) groups excluding carboxylic acids is 2. The van der Waals surface area contributed by atoms with Crippen molar-refractivity contribution in [2.75, 3.05) is 0 Å². The van der Waals surface area contributed by atoms with E-state index < -0.39 is 0 Å². The van der Waals surface area contributed by atoms with Gasteiger partial charge in [0.1, 0.15) is 0 Å². The Kier molecular flexibility index (Phi) is 4.83. The molecule has 0 radical (unpaired) electrons. The van der Waals surface area contributed by atoms with E-state index >= 15 is 0 Å². The molecule has 0 unspecified atom stereocenters. The normalized spacial score (nSPS) is 29.9. The van der Waals surface area contributed by atoms with Crippen LogP contribution in [-0.4, -0.2) is 22.8 Å². The van der Waals surface area contributed by atoms with Crippen molar-refractivity contribution in [2.45, 2.75) is 50.0 Å². The molecule has 5 rings (SSSR count). The Balaban J connectivity index is 1.58. The van der Waals surface area contributed by atoms with Crippen molar-refractivity contribution >= 4 is 11.8 Å². The van der Waals surface area contributed by atoms with Gasteiger partial charge in [0, 0.05) is 17.9 Å². The maximum Gasteiger partial charge on any atom is 0.234 e. The second-order valence-corrected chi connectivity index (χ2v) is 8.65. The van der Waals surface area contributed by atoms with E-state index in [-0.39, 0.29) is 41.5 Å². The van der Waals surface area contributed by atoms with Crippen LogP contribution in [0.25, 0.3) is 0 Å². The molecule has 2 aromatic carbocycles. The van der Waals surface area contributed by atoms with E-state index in [0.717, 1.165) is 36.8 Å². The molecule has 29 heavy (non-hydrogen) atoms. The molecule has 0 bridgehead atoms. The van der Waals surface area contributed by atoms with Crippen molar-refractivity contribution in [3.63, 3.8) is 0 Å². The Morgan fingerprint density at radius 1 is 0.621 bits per heavy atom. The van der Waals surface area contributed by atoms with Crippen molar-refractivity contribution in [1.82, 2.24) is 4.90 Å².